The van der Waals surface area contributed by atoms with E-state index in [-0.39, 0.29) is 31.4 Å². The highest BCUT2D eigenvalue weighted by Crippen LogP contribution is 2.33. The molecule has 2 N–H and O–H groups in total. The maximum Gasteiger partial charge on any atom is 0.343 e. The number of hydrogen-bond acceptors (Lipinski definition) is 6. The fraction of sp³-hybridized carbons (Fsp3) is 0.484. The topological polar surface area (TPSA) is 111 Å². The SMILES string of the molecule is COC(=O)COc1ccc(CCNC(=O)C(=O)C(Cc2ccccc2)NC(=O)C2CCC(C(C)C)CC2)cc1. The van der Waals surface area contributed by atoms with Gasteiger partial charge in [0.05, 0.1) is 7.11 Å². The Balaban J connectivity index is 1.54. The Morgan fingerprint density at radius 1 is 0.897 bits per heavy atom. The van der Waals surface area contributed by atoms with Crippen LogP contribution in [0.5, 0.6) is 5.75 Å². The summed E-state index contributed by atoms with van der Waals surface area (Å²) in [6, 6.07) is 15.6. The lowest BCUT2D eigenvalue weighted by Gasteiger charge is -2.31. The molecule has 1 saturated carbocycles. The van der Waals surface area contributed by atoms with Gasteiger partial charge >= 0.3 is 5.97 Å². The first-order valence-electron chi connectivity index (χ1n) is 13.7. The highest BCUT2D eigenvalue weighted by molar-refractivity contribution is 6.38. The van der Waals surface area contributed by atoms with Crippen molar-refractivity contribution in [3.05, 3.63) is 65.7 Å². The van der Waals surface area contributed by atoms with E-state index in [0.717, 1.165) is 36.8 Å². The van der Waals surface area contributed by atoms with Gasteiger partial charge in [-0.1, -0.05) is 56.3 Å². The average Bonchev–Trinajstić information content (AvgIpc) is 2.96. The summed E-state index contributed by atoms with van der Waals surface area (Å²) in [5.41, 5.74) is 1.81. The second-order valence-corrected chi connectivity index (χ2v) is 10.5. The number of esters is 1. The number of amides is 2. The molecule has 2 amide bonds. The summed E-state index contributed by atoms with van der Waals surface area (Å²) >= 11 is 0. The fourth-order valence-corrected chi connectivity index (χ4v) is 4.92. The first-order valence-corrected chi connectivity index (χ1v) is 13.7. The van der Waals surface area contributed by atoms with Crippen molar-refractivity contribution in [2.75, 3.05) is 20.3 Å². The lowest BCUT2D eigenvalue weighted by atomic mass is 9.76. The Labute approximate surface area is 230 Å². The zero-order valence-corrected chi connectivity index (χ0v) is 23.1. The average molecular weight is 537 g/mol. The molecule has 1 atom stereocenters. The van der Waals surface area contributed by atoms with Gasteiger partial charge in [-0.2, -0.15) is 0 Å². The number of nitrogens with one attached hydrogen (secondary N) is 2. The molecule has 1 fully saturated rings. The minimum Gasteiger partial charge on any atom is -0.482 e. The second-order valence-electron chi connectivity index (χ2n) is 10.5. The van der Waals surface area contributed by atoms with Crippen LogP contribution < -0.4 is 15.4 Å². The van der Waals surface area contributed by atoms with Crippen LogP contribution >= 0.6 is 0 Å². The highest BCUT2D eigenvalue weighted by atomic mass is 16.6. The first-order chi connectivity index (χ1) is 18.8. The van der Waals surface area contributed by atoms with Crippen LogP contribution in [0.15, 0.2) is 54.6 Å². The van der Waals surface area contributed by atoms with Gasteiger partial charge in [0.15, 0.2) is 6.61 Å². The van der Waals surface area contributed by atoms with Gasteiger partial charge in [0.2, 0.25) is 11.7 Å². The third kappa shape index (κ3) is 9.53. The van der Waals surface area contributed by atoms with Gasteiger partial charge in [-0.25, -0.2) is 4.79 Å². The van der Waals surface area contributed by atoms with Gasteiger partial charge < -0.3 is 20.1 Å². The van der Waals surface area contributed by atoms with Crippen molar-refractivity contribution in [2.24, 2.45) is 17.8 Å². The molecule has 2 aromatic rings. The molecule has 0 spiro atoms. The quantitative estimate of drug-likeness (QED) is 0.299. The summed E-state index contributed by atoms with van der Waals surface area (Å²) in [6.45, 7) is 4.52. The van der Waals surface area contributed by atoms with Crippen molar-refractivity contribution in [1.82, 2.24) is 10.6 Å². The summed E-state index contributed by atoms with van der Waals surface area (Å²) in [7, 11) is 1.30. The molecule has 0 radical (unpaired) electrons. The van der Waals surface area contributed by atoms with E-state index >= 15 is 0 Å². The van der Waals surface area contributed by atoms with Gasteiger partial charge in [0, 0.05) is 18.9 Å². The van der Waals surface area contributed by atoms with E-state index in [9.17, 15) is 19.2 Å². The summed E-state index contributed by atoms with van der Waals surface area (Å²) in [5.74, 6) is -0.338. The van der Waals surface area contributed by atoms with Crippen LogP contribution in [0, 0.1) is 17.8 Å². The number of carbonyl (C=O) groups excluding carboxylic acids is 4. The number of Topliss-reactive ketones (excluding diaryl/α,β-unsaturated/α-hetero) is 1. The van der Waals surface area contributed by atoms with Gasteiger partial charge in [-0.15, -0.1) is 0 Å². The van der Waals surface area contributed by atoms with Crippen LogP contribution in [-0.2, 0) is 36.8 Å². The molecule has 0 aromatic heterocycles. The number of ether oxygens (including phenoxy) is 2. The van der Waals surface area contributed by atoms with Crippen LogP contribution in [0.4, 0.5) is 0 Å². The Morgan fingerprint density at radius 3 is 2.18 bits per heavy atom. The van der Waals surface area contributed by atoms with E-state index in [2.05, 4.69) is 29.2 Å². The normalized spacial score (nSPS) is 17.6. The molecule has 1 aliphatic carbocycles. The lowest BCUT2D eigenvalue weighted by molar-refractivity contribution is -0.143. The number of hydrogen-bond donors (Lipinski definition) is 2. The largest absolute Gasteiger partial charge is 0.482 e. The Kier molecular flexibility index (Phi) is 11.5. The maximum absolute atomic E-state index is 13.2. The molecule has 8 nitrogen and oxygen atoms in total. The van der Waals surface area contributed by atoms with Crippen molar-refractivity contribution < 1.29 is 28.7 Å². The molecule has 3 rings (SSSR count). The predicted molar refractivity (Wildman–Crippen MR) is 148 cm³/mol. The molecule has 1 unspecified atom stereocenters. The van der Waals surface area contributed by atoms with Crippen molar-refractivity contribution in [2.45, 2.75) is 58.4 Å². The molecule has 210 valence electrons. The minimum atomic E-state index is -0.922. The third-order valence-corrected chi connectivity index (χ3v) is 7.43. The number of benzene rings is 2. The van der Waals surface area contributed by atoms with Crippen molar-refractivity contribution in [1.29, 1.82) is 0 Å². The molecule has 0 heterocycles. The monoisotopic (exact) mass is 536 g/mol. The molecule has 0 aliphatic heterocycles. The van der Waals surface area contributed by atoms with Gasteiger partial charge in [0.25, 0.3) is 5.91 Å². The zero-order valence-electron chi connectivity index (χ0n) is 23.1. The minimum absolute atomic E-state index is 0.131. The van der Waals surface area contributed by atoms with E-state index in [4.69, 9.17) is 4.74 Å². The summed E-state index contributed by atoms with van der Waals surface area (Å²) in [5, 5.41) is 5.60. The van der Waals surface area contributed by atoms with E-state index in [1.54, 1.807) is 12.1 Å². The van der Waals surface area contributed by atoms with Gasteiger partial charge in [-0.3, -0.25) is 14.4 Å². The molecule has 1 aliphatic rings. The van der Waals surface area contributed by atoms with Crippen LogP contribution in [0.3, 0.4) is 0 Å². The number of methoxy groups -OCH3 is 1. The second kappa shape index (κ2) is 15.0. The van der Waals surface area contributed by atoms with Crippen molar-refractivity contribution in [3.63, 3.8) is 0 Å². The van der Waals surface area contributed by atoms with Crippen LogP contribution in [-0.4, -0.2) is 49.9 Å². The van der Waals surface area contributed by atoms with Crippen LogP contribution in [0.2, 0.25) is 0 Å². The van der Waals surface area contributed by atoms with Crippen LogP contribution in [0.25, 0.3) is 0 Å². The molecule has 8 heteroatoms. The Bertz CT molecular complexity index is 1090. The third-order valence-electron chi connectivity index (χ3n) is 7.43. The summed E-state index contributed by atoms with van der Waals surface area (Å²) in [4.78, 5) is 50.3. The number of rotatable bonds is 13. The first kappa shape index (κ1) is 29.9. The number of carbonyl (C=O) groups is 4. The zero-order chi connectivity index (χ0) is 28.2. The van der Waals surface area contributed by atoms with Crippen molar-refractivity contribution >= 4 is 23.6 Å². The predicted octanol–water partition coefficient (Wildman–Crippen LogP) is 3.66. The number of ketones is 1. The molecular formula is C31H40N2O6. The smallest absolute Gasteiger partial charge is 0.343 e. The standard InChI is InChI=1S/C31H40N2O6/c1-21(2)24-11-13-25(14-12-24)30(36)33-27(19-23-7-5-4-6-8-23)29(35)31(37)32-18-17-22-9-15-26(16-10-22)39-20-28(34)38-3/h4-10,15-16,21,24-25,27H,11-14,17-20H2,1-3H3,(H,32,37)(H,33,36). The molecule has 0 bridgehead atoms. The Hall–Kier alpha value is -3.68. The van der Waals surface area contributed by atoms with Crippen LogP contribution in [0.1, 0.15) is 50.7 Å². The fourth-order valence-electron chi connectivity index (χ4n) is 4.92. The van der Waals surface area contributed by atoms with E-state index in [0.29, 0.717) is 24.0 Å². The molecule has 0 saturated heterocycles. The van der Waals surface area contributed by atoms with E-state index in [1.807, 2.05) is 42.5 Å². The molecular weight excluding hydrogens is 496 g/mol. The Morgan fingerprint density at radius 2 is 1.56 bits per heavy atom. The maximum atomic E-state index is 13.2. The highest BCUT2D eigenvalue weighted by Gasteiger charge is 2.32. The summed E-state index contributed by atoms with van der Waals surface area (Å²) in [6.07, 6.45) is 4.38. The van der Waals surface area contributed by atoms with E-state index < -0.39 is 23.7 Å². The molecule has 2 aromatic carbocycles. The van der Waals surface area contributed by atoms with Gasteiger partial charge in [0.1, 0.15) is 11.8 Å². The lowest BCUT2D eigenvalue weighted by Crippen LogP contribution is -2.50. The van der Waals surface area contributed by atoms with Crippen molar-refractivity contribution in [3.8, 4) is 5.75 Å². The van der Waals surface area contributed by atoms with E-state index in [1.165, 1.54) is 7.11 Å². The summed E-state index contributed by atoms with van der Waals surface area (Å²) < 4.78 is 9.88. The molecule has 39 heavy (non-hydrogen) atoms. The van der Waals surface area contributed by atoms with Gasteiger partial charge in [-0.05, 0) is 67.2 Å².